The van der Waals surface area contributed by atoms with Gasteiger partial charge in [-0.25, -0.2) is 0 Å². The molecule has 0 spiro atoms. The van der Waals surface area contributed by atoms with Crippen LogP contribution in [0.5, 0.6) is 0 Å². The molecule has 0 saturated carbocycles. The Labute approximate surface area is 80.3 Å². The fraction of sp³-hybridized carbons (Fsp3) is 0.900. The normalized spacial score (nSPS) is 10.2. The Morgan fingerprint density at radius 2 is 1.38 bits per heavy atom. The molecule has 0 atom stereocenters. The first-order valence-corrected chi connectivity index (χ1v) is 5.17. The van der Waals surface area contributed by atoms with Crippen molar-refractivity contribution in [2.24, 2.45) is 5.73 Å². The second-order valence-corrected chi connectivity index (χ2v) is 3.39. The summed E-state index contributed by atoms with van der Waals surface area (Å²) >= 11 is 0. The molecule has 0 aromatic heterocycles. The zero-order valence-electron chi connectivity index (χ0n) is 8.26. The number of hydrogen-bond donors (Lipinski definition) is 1. The predicted octanol–water partition coefficient (Wildman–Crippen LogP) is 0.816. The molecule has 0 aromatic rings. The van der Waals surface area contributed by atoms with E-state index in [1.807, 2.05) is 0 Å². The molecule has 3 nitrogen and oxygen atoms in total. The van der Waals surface area contributed by atoms with Gasteiger partial charge in [-0.15, -0.1) is 0 Å². The molecule has 0 aliphatic carbocycles. The summed E-state index contributed by atoms with van der Waals surface area (Å²) in [4.78, 5) is 10.0. The highest BCUT2D eigenvalue weighted by atomic mass is 16.4. The van der Waals surface area contributed by atoms with E-state index in [0.717, 1.165) is 32.2 Å². The lowest BCUT2D eigenvalue weighted by atomic mass is 10.1. The van der Waals surface area contributed by atoms with Gasteiger partial charge in [-0.2, -0.15) is 0 Å². The van der Waals surface area contributed by atoms with Gasteiger partial charge < -0.3 is 15.6 Å². The van der Waals surface area contributed by atoms with Crippen LogP contribution in [0.15, 0.2) is 0 Å². The summed E-state index contributed by atoms with van der Waals surface area (Å²) in [6, 6.07) is 0. The maximum absolute atomic E-state index is 10.0. The monoisotopic (exact) mass is 186 g/mol. The van der Waals surface area contributed by atoms with Crippen molar-refractivity contribution >= 4 is 5.97 Å². The molecule has 0 rings (SSSR count). The molecule has 3 heteroatoms. The smallest absolute Gasteiger partial charge is 0.0414 e. The van der Waals surface area contributed by atoms with E-state index in [1.165, 1.54) is 19.3 Å². The van der Waals surface area contributed by atoms with E-state index in [-0.39, 0.29) is 6.42 Å². The Balaban J connectivity index is 2.87. The van der Waals surface area contributed by atoms with Gasteiger partial charge in [0.05, 0.1) is 0 Å². The number of carboxylic acid groups (broad SMARTS) is 1. The summed E-state index contributed by atoms with van der Waals surface area (Å²) in [5, 5.41) is 10.0. The van der Waals surface area contributed by atoms with Gasteiger partial charge in [0, 0.05) is 5.97 Å². The van der Waals surface area contributed by atoms with Crippen LogP contribution in [0.25, 0.3) is 0 Å². The number of aliphatic carboxylic acids is 1. The predicted molar refractivity (Wildman–Crippen MR) is 51.0 cm³/mol. The van der Waals surface area contributed by atoms with E-state index in [0.29, 0.717) is 0 Å². The molecule has 78 valence electrons. The first kappa shape index (κ1) is 12.4. The molecule has 0 radical (unpaired) electrons. The molecule has 2 N–H and O–H groups in total. The summed E-state index contributed by atoms with van der Waals surface area (Å²) in [6.07, 6.45) is 7.86. The fourth-order valence-corrected chi connectivity index (χ4v) is 1.30. The average molecular weight is 186 g/mol. The minimum atomic E-state index is -0.928. The summed E-state index contributed by atoms with van der Waals surface area (Å²) in [6.45, 7) is 0.782. The lowest BCUT2D eigenvalue weighted by molar-refractivity contribution is -0.305. The minimum Gasteiger partial charge on any atom is -0.550 e. The van der Waals surface area contributed by atoms with Crippen LogP contribution < -0.4 is 10.8 Å². The van der Waals surface area contributed by atoms with Crippen molar-refractivity contribution in [3.63, 3.8) is 0 Å². The Bertz CT molecular complexity index is 126. The third kappa shape index (κ3) is 11.4. The van der Waals surface area contributed by atoms with Crippen LogP contribution in [0.1, 0.15) is 51.4 Å². The zero-order chi connectivity index (χ0) is 9.94. The molecule has 0 amide bonds. The number of rotatable bonds is 9. The van der Waals surface area contributed by atoms with Crippen molar-refractivity contribution in [3.8, 4) is 0 Å². The number of carbonyl (C=O) groups is 1. The third-order valence-corrected chi connectivity index (χ3v) is 2.09. The van der Waals surface area contributed by atoms with Gasteiger partial charge >= 0.3 is 0 Å². The third-order valence-electron chi connectivity index (χ3n) is 2.09. The van der Waals surface area contributed by atoms with Crippen LogP contribution in [0, 0.1) is 0 Å². The van der Waals surface area contributed by atoms with Crippen molar-refractivity contribution in [1.82, 2.24) is 0 Å². The highest BCUT2D eigenvalue weighted by Crippen LogP contribution is 2.07. The second kappa shape index (κ2) is 9.52. The lowest BCUT2D eigenvalue weighted by Gasteiger charge is -2.02. The van der Waals surface area contributed by atoms with Crippen LogP contribution >= 0.6 is 0 Å². The SMILES string of the molecule is NCCCCCCCCCC(=O)[O-]. The minimum absolute atomic E-state index is 0.211. The first-order valence-electron chi connectivity index (χ1n) is 5.17. The molecule has 0 heterocycles. The van der Waals surface area contributed by atoms with Crippen LogP contribution in [0.3, 0.4) is 0 Å². The van der Waals surface area contributed by atoms with E-state index in [2.05, 4.69) is 0 Å². The molecular weight excluding hydrogens is 166 g/mol. The van der Waals surface area contributed by atoms with Crippen molar-refractivity contribution in [2.75, 3.05) is 6.54 Å². The Kier molecular flexibility index (Phi) is 9.10. The fourth-order valence-electron chi connectivity index (χ4n) is 1.30. The second-order valence-electron chi connectivity index (χ2n) is 3.39. The topological polar surface area (TPSA) is 66.2 Å². The average Bonchev–Trinajstić information content (AvgIpc) is 2.09. The Morgan fingerprint density at radius 1 is 0.923 bits per heavy atom. The van der Waals surface area contributed by atoms with Gasteiger partial charge in [0.15, 0.2) is 0 Å². The Hall–Kier alpha value is -0.570. The van der Waals surface area contributed by atoms with Crippen LogP contribution in [-0.2, 0) is 4.79 Å². The zero-order valence-corrected chi connectivity index (χ0v) is 8.26. The molecule has 13 heavy (non-hydrogen) atoms. The van der Waals surface area contributed by atoms with E-state index >= 15 is 0 Å². The van der Waals surface area contributed by atoms with Crippen molar-refractivity contribution in [1.29, 1.82) is 0 Å². The number of unbranched alkanes of at least 4 members (excludes halogenated alkanes) is 6. The molecule has 0 bridgehead atoms. The van der Waals surface area contributed by atoms with Crippen molar-refractivity contribution < 1.29 is 9.90 Å². The maximum Gasteiger partial charge on any atom is 0.0414 e. The number of hydrogen-bond acceptors (Lipinski definition) is 3. The largest absolute Gasteiger partial charge is 0.550 e. The van der Waals surface area contributed by atoms with Crippen LogP contribution in [-0.4, -0.2) is 12.5 Å². The Morgan fingerprint density at radius 3 is 1.85 bits per heavy atom. The van der Waals surface area contributed by atoms with Gasteiger partial charge in [-0.05, 0) is 25.8 Å². The summed E-state index contributed by atoms with van der Waals surface area (Å²) in [7, 11) is 0. The van der Waals surface area contributed by atoms with E-state index in [9.17, 15) is 9.90 Å². The van der Waals surface area contributed by atoms with E-state index in [1.54, 1.807) is 0 Å². The molecule has 0 fully saturated rings. The van der Waals surface area contributed by atoms with Crippen LogP contribution in [0.4, 0.5) is 0 Å². The van der Waals surface area contributed by atoms with Gasteiger partial charge in [-0.1, -0.05) is 32.1 Å². The number of nitrogens with two attached hydrogens (primary N) is 1. The van der Waals surface area contributed by atoms with Gasteiger partial charge in [-0.3, -0.25) is 0 Å². The highest BCUT2D eigenvalue weighted by Gasteiger charge is 1.91. The summed E-state index contributed by atoms with van der Waals surface area (Å²) in [5.41, 5.74) is 5.35. The van der Waals surface area contributed by atoms with Gasteiger partial charge in [0.2, 0.25) is 0 Å². The molecule has 0 aliphatic heterocycles. The molecular formula is C10H20NO2-. The molecule has 0 saturated heterocycles. The van der Waals surface area contributed by atoms with Crippen molar-refractivity contribution in [3.05, 3.63) is 0 Å². The van der Waals surface area contributed by atoms with Crippen molar-refractivity contribution in [2.45, 2.75) is 51.4 Å². The quantitative estimate of drug-likeness (QED) is 0.542. The van der Waals surface area contributed by atoms with Gasteiger partial charge in [0.1, 0.15) is 0 Å². The first-order chi connectivity index (χ1) is 6.27. The lowest BCUT2D eigenvalue weighted by Crippen LogP contribution is -2.21. The molecule has 0 aliphatic rings. The summed E-state index contributed by atoms with van der Waals surface area (Å²) < 4.78 is 0. The summed E-state index contributed by atoms with van der Waals surface area (Å²) in [5.74, 6) is -0.928. The van der Waals surface area contributed by atoms with Gasteiger partial charge in [0.25, 0.3) is 0 Å². The molecule has 0 aromatic carbocycles. The standard InChI is InChI=1S/C10H21NO2/c11-9-7-5-3-1-2-4-6-8-10(12)13/h1-9,11H2,(H,12,13)/p-1. The van der Waals surface area contributed by atoms with Crippen LogP contribution in [0.2, 0.25) is 0 Å². The maximum atomic E-state index is 10.0. The molecule has 0 unspecified atom stereocenters. The van der Waals surface area contributed by atoms with E-state index < -0.39 is 5.97 Å². The highest BCUT2D eigenvalue weighted by molar-refractivity contribution is 5.63. The van der Waals surface area contributed by atoms with E-state index in [4.69, 9.17) is 5.73 Å². The number of carboxylic acids is 1. The number of carbonyl (C=O) groups excluding carboxylic acids is 1.